The van der Waals surface area contributed by atoms with Crippen molar-refractivity contribution in [3.05, 3.63) is 42.2 Å². The Hall–Kier alpha value is -2.19. The third-order valence-electron chi connectivity index (χ3n) is 2.80. The average Bonchev–Trinajstić information content (AvgIpc) is 2.72. The molecule has 1 aliphatic rings. The molecule has 0 N–H and O–H groups in total. The molecular formula is C15H12N2O2S. The molecule has 0 atom stereocenters. The van der Waals surface area contributed by atoms with Gasteiger partial charge in [-0.15, -0.1) is 0 Å². The van der Waals surface area contributed by atoms with E-state index < -0.39 is 0 Å². The van der Waals surface area contributed by atoms with Gasteiger partial charge < -0.3 is 9.47 Å². The van der Waals surface area contributed by atoms with Crippen LogP contribution in [0.2, 0.25) is 0 Å². The minimum atomic E-state index is 0.421. The van der Waals surface area contributed by atoms with Gasteiger partial charge in [-0.25, -0.2) is 4.98 Å². The van der Waals surface area contributed by atoms with Crippen molar-refractivity contribution in [2.45, 2.75) is 16.2 Å². The first kappa shape index (κ1) is 12.8. The number of hydrogen-bond donors (Lipinski definition) is 0. The molecule has 5 heteroatoms. The Morgan fingerprint density at radius 1 is 1.05 bits per heavy atom. The lowest BCUT2D eigenvalue weighted by molar-refractivity contribution is 0.297. The number of fused-ring (bicyclic) bond motifs is 1. The van der Waals surface area contributed by atoms with Crippen molar-refractivity contribution in [3.63, 3.8) is 0 Å². The molecule has 4 nitrogen and oxygen atoms in total. The van der Waals surface area contributed by atoms with Gasteiger partial charge in [0.25, 0.3) is 0 Å². The average molecular weight is 284 g/mol. The van der Waals surface area contributed by atoms with Crippen LogP contribution in [0, 0.1) is 11.3 Å². The molecule has 2 aromatic rings. The molecule has 20 heavy (non-hydrogen) atoms. The van der Waals surface area contributed by atoms with Gasteiger partial charge in [0.2, 0.25) is 0 Å². The Bertz CT molecular complexity index is 667. The summed E-state index contributed by atoms with van der Waals surface area (Å²) in [6.07, 6.45) is 2.54. The van der Waals surface area contributed by atoms with E-state index in [9.17, 15) is 0 Å². The summed E-state index contributed by atoms with van der Waals surface area (Å²) < 4.78 is 11.3. The summed E-state index contributed by atoms with van der Waals surface area (Å²) in [7, 11) is 0. The second kappa shape index (κ2) is 5.85. The third kappa shape index (κ3) is 2.86. The second-order valence-corrected chi connectivity index (χ2v) is 5.40. The van der Waals surface area contributed by atoms with Gasteiger partial charge in [-0.3, -0.25) is 0 Å². The monoisotopic (exact) mass is 284 g/mol. The number of nitriles is 1. The van der Waals surface area contributed by atoms with Gasteiger partial charge >= 0.3 is 0 Å². The molecule has 100 valence electrons. The number of ether oxygens (including phenoxy) is 2. The summed E-state index contributed by atoms with van der Waals surface area (Å²) in [4.78, 5) is 5.99. The molecule has 0 fully saturated rings. The van der Waals surface area contributed by atoms with Crippen LogP contribution in [0.25, 0.3) is 0 Å². The summed E-state index contributed by atoms with van der Waals surface area (Å²) in [6.45, 7) is 1.37. The van der Waals surface area contributed by atoms with Crippen molar-refractivity contribution in [1.29, 1.82) is 5.26 Å². The van der Waals surface area contributed by atoms with E-state index in [2.05, 4.69) is 4.98 Å². The minimum Gasteiger partial charge on any atom is -0.490 e. The first-order valence-corrected chi connectivity index (χ1v) is 7.10. The Kier molecular flexibility index (Phi) is 3.75. The Morgan fingerprint density at radius 3 is 2.70 bits per heavy atom. The number of pyridine rings is 1. The first-order chi connectivity index (χ1) is 9.85. The van der Waals surface area contributed by atoms with Gasteiger partial charge in [0, 0.05) is 22.4 Å². The lowest BCUT2D eigenvalue weighted by Gasteiger charge is -2.09. The largest absolute Gasteiger partial charge is 0.490 e. The molecule has 3 rings (SSSR count). The van der Waals surface area contributed by atoms with Crippen LogP contribution in [0.15, 0.2) is 46.3 Å². The molecule has 2 heterocycles. The third-order valence-corrected chi connectivity index (χ3v) is 3.78. The molecule has 0 saturated carbocycles. The van der Waals surface area contributed by atoms with Gasteiger partial charge in [0.05, 0.1) is 13.2 Å². The molecule has 0 saturated heterocycles. The Labute approximate surface area is 121 Å². The first-order valence-electron chi connectivity index (χ1n) is 6.29. The lowest BCUT2D eigenvalue weighted by Crippen LogP contribution is -1.97. The highest BCUT2D eigenvalue weighted by Crippen LogP contribution is 2.36. The van der Waals surface area contributed by atoms with Crippen LogP contribution in [0.3, 0.4) is 0 Å². The zero-order chi connectivity index (χ0) is 13.8. The predicted molar refractivity (Wildman–Crippen MR) is 75.1 cm³/mol. The molecule has 0 unspecified atom stereocenters. The molecule has 0 bridgehead atoms. The highest BCUT2D eigenvalue weighted by molar-refractivity contribution is 7.99. The summed E-state index contributed by atoms with van der Waals surface area (Å²) in [6, 6.07) is 11.6. The van der Waals surface area contributed by atoms with Crippen LogP contribution in [0.4, 0.5) is 0 Å². The van der Waals surface area contributed by atoms with E-state index in [0.29, 0.717) is 18.9 Å². The summed E-state index contributed by atoms with van der Waals surface area (Å²) in [5.41, 5.74) is 0.421. The second-order valence-electron chi connectivity index (χ2n) is 4.25. The highest BCUT2D eigenvalue weighted by atomic mass is 32.2. The van der Waals surface area contributed by atoms with Crippen LogP contribution in [-0.4, -0.2) is 18.2 Å². The molecule has 0 aliphatic carbocycles. The highest BCUT2D eigenvalue weighted by Gasteiger charge is 2.11. The number of nitrogens with zero attached hydrogens (tertiary/aromatic N) is 2. The van der Waals surface area contributed by atoms with Crippen LogP contribution >= 0.6 is 11.8 Å². The maximum absolute atomic E-state index is 8.86. The van der Waals surface area contributed by atoms with E-state index in [1.165, 1.54) is 0 Å². The van der Waals surface area contributed by atoms with Crippen molar-refractivity contribution in [2.75, 3.05) is 13.2 Å². The zero-order valence-electron chi connectivity index (χ0n) is 10.7. The maximum Gasteiger partial charge on any atom is 0.162 e. The van der Waals surface area contributed by atoms with Crippen molar-refractivity contribution in [1.82, 2.24) is 4.98 Å². The van der Waals surface area contributed by atoms with Crippen molar-refractivity contribution >= 4 is 11.8 Å². The van der Waals surface area contributed by atoms with E-state index in [-0.39, 0.29) is 0 Å². The fraction of sp³-hybridized carbons (Fsp3) is 0.200. The standard InChI is InChI=1S/C15H12N2O2S/c16-10-11-8-13(4-5-17-11)20-12-2-3-14-15(9-12)19-7-1-6-18-14/h2-5,8-9H,1,6-7H2. The number of hydrogen-bond acceptors (Lipinski definition) is 5. The molecule has 1 aliphatic heterocycles. The van der Waals surface area contributed by atoms with Gasteiger partial charge in [0.1, 0.15) is 11.8 Å². The zero-order valence-corrected chi connectivity index (χ0v) is 11.5. The fourth-order valence-electron chi connectivity index (χ4n) is 1.88. The number of aromatic nitrogens is 1. The topological polar surface area (TPSA) is 55.1 Å². The molecule has 0 radical (unpaired) electrons. The van der Waals surface area contributed by atoms with Gasteiger partial charge in [0.15, 0.2) is 11.5 Å². The Balaban J connectivity index is 1.84. The summed E-state index contributed by atoms with van der Waals surface area (Å²) >= 11 is 1.57. The van der Waals surface area contributed by atoms with Gasteiger partial charge in [-0.05, 0) is 30.3 Å². The minimum absolute atomic E-state index is 0.421. The summed E-state index contributed by atoms with van der Waals surface area (Å²) in [5, 5.41) is 8.86. The SMILES string of the molecule is N#Cc1cc(Sc2ccc3c(c2)OCCCO3)ccn1. The van der Waals surface area contributed by atoms with Crippen LogP contribution in [-0.2, 0) is 0 Å². The van der Waals surface area contributed by atoms with Crippen LogP contribution in [0.5, 0.6) is 11.5 Å². The van der Waals surface area contributed by atoms with Gasteiger partial charge in [-0.1, -0.05) is 11.8 Å². The van der Waals surface area contributed by atoms with Crippen molar-refractivity contribution in [3.8, 4) is 17.6 Å². The van der Waals surface area contributed by atoms with Gasteiger partial charge in [-0.2, -0.15) is 5.26 Å². The van der Waals surface area contributed by atoms with E-state index in [1.54, 1.807) is 24.0 Å². The van der Waals surface area contributed by atoms with Crippen molar-refractivity contribution in [2.24, 2.45) is 0 Å². The Morgan fingerprint density at radius 2 is 1.85 bits per heavy atom. The van der Waals surface area contributed by atoms with E-state index in [4.69, 9.17) is 14.7 Å². The predicted octanol–water partition coefficient (Wildman–Crippen LogP) is 3.27. The molecule has 1 aromatic heterocycles. The van der Waals surface area contributed by atoms with Crippen LogP contribution < -0.4 is 9.47 Å². The van der Waals surface area contributed by atoms with E-state index >= 15 is 0 Å². The van der Waals surface area contributed by atoms with E-state index in [1.807, 2.05) is 30.3 Å². The molecular weight excluding hydrogens is 272 g/mol. The summed E-state index contributed by atoms with van der Waals surface area (Å²) in [5.74, 6) is 1.57. The molecule has 1 aromatic carbocycles. The van der Waals surface area contributed by atoms with Crippen LogP contribution in [0.1, 0.15) is 12.1 Å². The lowest BCUT2D eigenvalue weighted by atomic mass is 10.3. The quantitative estimate of drug-likeness (QED) is 0.847. The number of rotatable bonds is 2. The smallest absolute Gasteiger partial charge is 0.162 e. The normalized spacial score (nSPS) is 13.3. The maximum atomic E-state index is 8.86. The van der Waals surface area contributed by atoms with E-state index in [0.717, 1.165) is 27.7 Å². The molecule has 0 spiro atoms. The van der Waals surface area contributed by atoms with Crippen molar-refractivity contribution < 1.29 is 9.47 Å². The fourth-order valence-corrected chi connectivity index (χ4v) is 2.75. The molecule has 0 amide bonds. The number of benzene rings is 1.